The number of hydrogen-bond donors (Lipinski definition) is 2. The number of piperidine rings is 1. The van der Waals surface area contributed by atoms with Crippen molar-refractivity contribution in [2.75, 3.05) is 19.6 Å². The Labute approximate surface area is 97.7 Å². The molecule has 0 aromatic carbocycles. The van der Waals surface area contributed by atoms with Crippen molar-refractivity contribution in [3.8, 4) is 0 Å². The van der Waals surface area contributed by atoms with Crippen LogP contribution in [0.1, 0.15) is 12.6 Å². The van der Waals surface area contributed by atoms with Crippen LogP contribution in [-0.4, -0.2) is 30.7 Å². The molecule has 1 fully saturated rings. The first kappa shape index (κ1) is 11.6. The molecule has 1 aromatic heterocycles. The van der Waals surface area contributed by atoms with Gasteiger partial charge in [-0.15, -0.1) is 0 Å². The average Bonchev–Trinajstić information content (AvgIpc) is 2.30. The summed E-state index contributed by atoms with van der Waals surface area (Å²) < 4.78 is 0. The van der Waals surface area contributed by atoms with Gasteiger partial charge in [-0.1, -0.05) is 13.0 Å². The van der Waals surface area contributed by atoms with Crippen LogP contribution in [0.4, 0.5) is 0 Å². The Hall–Kier alpha value is -0.930. The molecule has 1 saturated heterocycles. The van der Waals surface area contributed by atoms with Crippen molar-refractivity contribution in [3.63, 3.8) is 0 Å². The summed E-state index contributed by atoms with van der Waals surface area (Å²) in [7, 11) is 0. The fourth-order valence-corrected chi connectivity index (χ4v) is 2.07. The fourth-order valence-electron chi connectivity index (χ4n) is 2.07. The van der Waals surface area contributed by atoms with Crippen molar-refractivity contribution >= 4 is 0 Å². The first-order valence-corrected chi connectivity index (χ1v) is 6.03. The Morgan fingerprint density at radius 3 is 3.12 bits per heavy atom. The van der Waals surface area contributed by atoms with Crippen LogP contribution < -0.4 is 10.6 Å². The molecule has 1 aliphatic heterocycles. The molecule has 2 unspecified atom stereocenters. The molecule has 3 nitrogen and oxygen atoms in total. The summed E-state index contributed by atoms with van der Waals surface area (Å²) in [5.41, 5.74) is 1.16. The van der Waals surface area contributed by atoms with Crippen LogP contribution in [0.5, 0.6) is 0 Å². The average molecular weight is 218 g/mol. The van der Waals surface area contributed by atoms with Gasteiger partial charge in [-0.25, -0.2) is 0 Å². The predicted molar refractivity (Wildman–Crippen MR) is 66.1 cm³/mol. The second-order valence-corrected chi connectivity index (χ2v) is 4.46. The van der Waals surface area contributed by atoms with E-state index in [0.717, 1.165) is 31.7 Å². The molecule has 1 aromatic rings. The molecular formula is C13H20N3. The normalized spacial score (nSPS) is 25.6. The van der Waals surface area contributed by atoms with E-state index in [1.807, 2.05) is 18.3 Å². The fraction of sp³-hybridized carbons (Fsp3) is 0.538. The van der Waals surface area contributed by atoms with Crippen LogP contribution in [0.2, 0.25) is 0 Å². The summed E-state index contributed by atoms with van der Waals surface area (Å²) in [5.74, 6) is 0.668. The van der Waals surface area contributed by atoms with Crippen molar-refractivity contribution in [1.29, 1.82) is 0 Å². The third kappa shape index (κ3) is 3.58. The molecule has 87 valence electrons. The Morgan fingerprint density at radius 2 is 2.38 bits per heavy atom. The van der Waals surface area contributed by atoms with E-state index in [0.29, 0.717) is 12.0 Å². The summed E-state index contributed by atoms with van der Waals surface area (Å²) >= 11 is 0. The van der Waals surface area contributed by atoms with E-state index < -0.39 is 0 Å². The van der Waals surface area contributed by atoms with Gasteiger partial charge in [0.15, 0.2) is 0 Å². The molecule has 16 heavy (non-hydrogen) atoms. The number of nitrogens with one attached hydrogen (secondary N) is 2. The van der Waals surface area contributed by atoms with Crippen LogP contribution in [0.25, 0.3) is 0 Å². The lowest BCUT2D eigenvalue weighted by molar-refractivity contribution is 0.404. The highest BCUT2D eigenvalue weighted by Crippen LogP contribution is 2.07. The lowest BCUT2D eigenvalue weighted by Crippen LogP contribution is -2.47. The Kier molecular flexibility index (Phi) is 4.31. The highest BCUT2D eigenvalue weighted by molar-refractivity contribution is 5.04. The Balaban J connectivity index is 1.68. The van der Waals surface area contributed by atoms with E-state index in [1.54, 1.807) is 0 Å². The van der Waals surface area contributed by atoms with Gasteiger partial charge >= 0.3 is 0 Å². The zero-order valence-corrected chi connectivity index (χ0v) is 9.82. The maximum Gasteiger partial charge on any atom is 0.0416 e. The van der Waals surface area contributed by atoms with Crippen molar-refractivity contribution < 1.29 is 0 Å². The first-order valence-electron chi connectivity index (χ1n) is 6.03. The summed E-state index contributed by atoms with van der Waals surface area (Å²) in [5, 5.41) is 6.97. The monoisotopic (exact) mass is 218 g/mol. The molecule has 1 radical (unpaired) electrons. The summed E-state index contributed by atoms with van der Waals surface area (Å²) in [6.45, 7) is 5.40. The SMILES string of the molecule is CC1[CH]C(NCCc2ccccn2)CNC1. The van der Waals surface area contributed by atoms with Crippen molar-refractivity contribution in [3.05, 3.63) is 36.5 Å². The molecule has 0 bridgehead atoms. The van der Waals surface area contributed by atoms with E-state index in [-0.39, 0.29) is 0 Å². The number of nitrogens with zero attached hydrogens (tertiary/aromatic N) is 1. The van der Waals surface area contributed by atoms with E-state index in [1.165, 1.54) is 0 Å². The van der Waals surface area contributed by atoms with Gasteiger partial charge in [0.05, 0.1) is 0 Å². The minimum atomic E-state index is 0.507. The molecule has 0 amide bonds. The van der Waals surface area contributed by atoms with Crippen molar-refractivity contribution in [1.82, 2.24) is 15.6 Å². The van der Waals surface area contributed by atoms with E-state index >= 15 is 0 Å². The van der Waals surface area contributed by atoms with Gasteiger partial charge in [0.2, 0.25) is 0 Å². The van der Waals surface area contributed by atoms with Gasteiger partial charge in [0.25, 0.3) is 0 Å². The lowest BCUT2D eigenvalue weighted by atomic mass is 9.98. The molecule has 0 saturated carbocycles. The molecule has 0 spiro atoms. The van der Waals surface area contributed by atoms with Crippen LogP contribution in [0.3, 0.4) is 0 Å². The van der Waals surface area contributed by atoms with E-state index in [2.05, 4.69) is 35.0 Å². The second kappa shape index (κ2) is 5.97. The topological polar surface area (TPSA) is 37.0 Å². The molecule has 2 atom stereocenters. The molecule has 2 rings (SSSR count). The third-order valence-corrected chi connectivity index (χ3v) is 2.91. The summed E-state index contributed by atoms with van der Waals surface area (Å²) in [6.07, 6.45) is 5.25. The van der Waals surface area contributed by atoms with Gasteiger partial charge in [0.1, 0.15) is 0 Å². The van der Waals surface area contributed by atoms with Gasteiger partial charge in [-0.3, -0.25) is 4.98 Å². The minimum Gasteiger partial charge on any atom is -0.315 e. The first-order chi connectivity index (χ1) is 7.84. The largest absolute Gasteiger partial charge is 0.315 e. The third-order valence-electron chi connectivity index (χ3n) is 2.91. The summed E-state index contributed by atoms with van der Waals surface area (Å²) in [6, 6.07) is 6.58. The maximum atomic E-state index is 4.31. The van der Waals surface area contributed by atoms with Crippen LogP contribution in [0, 0.1) is 12.3 Å². The quantitative estimate of drug-likeness (QED) is 0.792. The van der Waals surface area contributed by atoms with Crippen LogP contribution in [-0.2, 0) is 6.42 Å². The highest BCUT2D eigenvalue weighted by Gasteiger charge is 2.17. The predicted octanol–water partition coefficient (Wildman–Crippen LogP) is 1.03. The lowest BCUT2D eigenvalue weighted by Gasteiger charge is -2.28. The Morgan fingerprint density at radius 1 is 1.44 bits per heavy atom. The van der Waals surface area contributed by atoms with Gasteiger partial charge in [-0.05, 0) is 31.0 Å². The number of aromatic nitrogens is 1. The zero-order valence-electron chi connectivity index (χ0n) is 9.82. The van der Waals surface area contributed by atoms with E-state index in [4.69, 9.17) is 0 Å². The molecule has 2 N–H and O–H groups in total. The smallest absolute Gasteiger partial charge is 0.0416 e. The molecule has 2 heterocycles. The van der Waals surface area contributed by atoms with Crippen LogP contribution >= 0.6 is 0 Å². The number of hydrogen-bond acceptors (Lipinski definition) is 3. The Bertz CT molecular complexity index is 299. The van der Waals surface area contributed by atoms with E-state index in [9.17, 15) is 0 Å². The highest BCUT2D eigenvalue weighted by atomic mass is 15.0. The van der Waals surface area contributed by atoms with Crippen molar-refractivity contribution in [2.24, 2.45) is 5.92 Å². The maximum absolute atomic E-state index is 4.31. The van der Waals surface area contributed by atoms with Gasteiger partial charge < -0.3 is 10.6 Å². The summed E-state index contributed by atoms with van der Waals surface area (Å²) in [4.78, 5) is 4.31. The molecule has 1 aliphatic rings. The number of rotatable bonds is 4. The minimum absolute atomic E-state index is 0.507. The standard InChI is InChI=1S/C13H20N3/c1-11-8-13(10-14-9-11)16-7-5-12-4-2-3-6-15-12/h2-4,6,8,11,13-14,16H,5,7,9-10H2,1H3. The van der Waals surface area contributed by atoms with Crippen molar-refractivity contribution in [2.45, 2.75) is 19.4 Å². The second-order valence-electron chi connectivity index (χ2n) is 4.46. The molecule has 0 aliphatic carbocycles. The molecule has 3 heteroatoms. The van der Waals surface area contributed by atoms with Gasteiger partial charge in [0, 0.05) is 37.4 Å². The van der Waals surface area contributed by atoms with Gasteiger partial charge in [-0.2, -0.15) is 0 Å². The number of pyridine rings is 1. The zero-order chi connectivity index (χ0) is 11.2. The molecular weight excluding hydrogens is 198 g/mol. The van der Waals surface area contributed by atoms with Crippen LogP contribution in [0.15, 0.2) is 24.4 Å².